The molecule has 0 bridgehead atoms. The van der Waals surface area contributed by atoms with Crippen molar-refractivity contribution in [3.8, 4) is 0 Å². The summed E-state index contributed by atoms with van der Waals surface area (Å²) in [5, 5.41) is 7.11. The van der Waals surface area contributed by atoms with E-state index in [4.69, 9.17) is 4.52 Å². The highest BCUT2D eigenvalue weighted by Crippen LogP contribution is 2.02. The van der Waals surface area contributed by atoms with Crippen LogP contribution in [0.25, 0.3) is 0 Å². The molecular weight excluding hydrogens is 216 g/mol. The first-order valence-corrected chi connectivity index (χ1v) is 6.48. The second-order valence-electron chi connectivity index (χ2n) is 4.09. The zero-order valence-electron chi connectivity index (χ0n) is 11.2. The van der Waals surface area contributed by atoms with Crippen LogP contribution in [0.15, 0.2) is 4.52 Å². The number of hydrogen-bond donors (Lipinski definition) is 1. The molecule has 1 rings (SSSR count). The summed E-state index contributed by atoms with van der Waals surface area (Å²) in [4.78, 5) is 6.75. The van der Waals surface area contributed by atoms with Crippen LogP contribution >= 0.6 is 0 Å². The smallest absolute Gasteiger partial charge is 0.226 e. The summed E-state index contributed by atoms with van der Waals surface area (Å²) in [6.07, 6.45) is 2.77. The summed E-state index contributed by atoms with van der Waals surface area (Å²) in [5.41, 5.74) is 0. The zero-order chi connectivity index (χ0) is 12.5. The van der Waals surface area contributed by atoms with E-state index in [2.05, 4.69) is 34.2 Å². The molecule has 1 aromatic rings. The lowest BCUT2D eigenvalue weighted by atomic mass is 10.3. The molecule has 0 saturated heterocycles. The minimum Gasteiger partial charge on any atom is -0.339 e. The Kier molecular flexibility index (Phi) is 6.81. The number of likely N-dealkylation sites (N-methyl/N-ethyl adjacent to an activating group) is 1. The van der Waals surface area contributed by atoms with Crippen molar-refractivity contribution in [2.45, 2.75) is 33.1 Å². The molecule has 0 amide bonds. The number of nitrogens with one attached hydrogen (secondary N) is 1. The van der Waals surface area contributed by atoms with Crippen molar-refractivity contribution in [2.75, 3.05) is 33.2 Å². The molecule has 0 atom stereocenters. The number of hydrogen-bond acceptors (Lipinski definition) is 5. The monoisotopic (exact) mass is 240 g/mol. The minimum atomic E-state index is 0.759. The lowest BCUT2D eigenvalue weighted by Gasteiger charge is -2.16. The predicted octanol–water partition coefficient (Wildman–Crippen LogP) is 1.11. The van der Waals surface area contributed by atoms with Gasteiger partial charge >= 0.3 is 0 Å². The summed E-state index contributed by atoms with van der Waals surface area (Å²) < 4.78 is 5.20. The van der Waals surface area contributed by atoms with E-state index < -0.39 is 0 Å². The first-order chi connectivity index (χ1) is 8.30. The Balaban J connectivity index is 2.30. The topological polar surface area (TPSA) is 54.2 Å². The first-order valence-electron chi connectivity index (χ1n) is 6.48. The molecule has 0 saturated carbocycles. The summed E-state index contributed by atoms with van der Waals surface area (Å²) in [6.45, 7) is 8.47. The van der Waals surface area contributed by atoms with Crippen LogP contribution in [-0.4, -0.2) is 48.3 Å². The van der Waals surface area contributed by atoms with Crippen molar-refractivity contribution in [1.29, 1.82) is 0 Å². The van der Waals surface area contributed by atoms with Gasteiger partial charge in [0.15, 0.2) is 5.82 Å². The third kappa shape index (κ3) is 5.28. The molecule has 0 aliphatic heterocycles. The fraction of sp³-hybridized carbons (Fsp3) is 0.833. The highest BCUT2D eigenvalue weighted by Gasteiger charge is 2.07. The molecule has 5 nitrogen and oxygen atoms in total. The van der Waals surface area contributed by atoms with Crippen LogP contribution in [0.1, 0.15) is 32.0 Å². The first kappa shape index (κ1) is 14.1. The third-order valence-corrected chi connectivity index (χ3v) is 2.87. The summed E-state index contributed by atoms with van der Waals surface area (Å²) in [7, 11) is 1.95. The van der Waals surface area contributed by atoms with Gasteiger partial charge in [0.2, 0.25) is 5.89 Å². The summed E-state index contributed by atoms with van der Waals surface area (Å²) in [6, 6.07) is 0. The van der Waals surface area contributed by atoms with Gasteiger partial charge in [-0.1, -0.05) is 19.0 Å². The van der Waals surface area contributed by atoms with Gasteiger partial charge in [0.05, 0.1) is 0 Å². The molecular formula is C12H24N4O. The summed E-state index contributed by atoms with van der Waals surface area (Å²) >= 11 is 0. The van der Waals surface area contributed by atoms with E-state index in [1.54, 1.807) is 0 Å². The minimum absolute atomic E-state index is 0.759. The zero-order valence-corrected chi connectivity index (χ0v) is 11.2. The number of aromatic nitrogens is 2. The SMILES string of the molecule is CCN(CC)CCc1noc(CCCNC)n1. The van der Waals surface area contributed by atoms with Crippen LogP contribution in [0.5, 0.6) is 0 Å². The molecule has 17 heavy (non-hydrogen) atoms. The van der Waals surface area contributed by atoms with E-state index in [1.165, 1.54) is 0 Å². The van der Waals surface area contributed by atoms with Gasteiger partial charge in [-0.25, -0.2) is 0 Å². The Morgan fingerprint density at radius 2 is 2.00 bits per heavy atom. The second-order valence-corrected chi connectivity index (χ2v) is 4.09. The molecule has 0 unspecified atom stereocenters. The fourth-order valence-electron chi connectivity index (χ4n) is 1.71. The number of nitrogens with zero attached hydrogens (tertiary/aromatic N) is 3. The van der Waals surface area contributed by atoms with Gasteiger partial charge in [0, 0.05) is 19.4 Å². The van der Waals surface area contributed by atoms with Crippen LogP contribution in [0.2, 0.25) is 0 Å². The van der Waals surface area contributed by atoms with Gasteiger partial charge in [-0.3, -0.25) is 0 Å². The van der Waals surface area contributed by atoms with Gasteiger partial charge in [0.1, 0.15) is 0 Å². The Morgan fingerprint density at radius 1 is 1.24 bits per heavy atom. The normalized spacial score (nSPS) is 11.3. The highest BCUT2D eigenvalue weighted by molar-refractivity contribution is 4.87. The average molecular weight is 240 g/mol. The van der Waals surface area contributed by atoms with Crippen LogP contribution in [0.3, 0.4) is 0 Å². The third-order valence-electron chi connectivity index (χ3n) is 2.87. The van der Waals surface area contributed by atoms with Gasteiger partial charge < -0.3 is 14.7 Å². The van der Waals surface area contributed by atoms with E-state index in [9.17, 15) is 0 Å². The van der Waals surface area contributed by atoms with E-state index in [-0.39, 0.29) is 0 Å². The van der Waals surface area contributed by atoms with Crippen LogP contribution in [-0.2, 0) is 12.8 Å². The molecule has 0 aliphatic carbocycles. The van der Waals surface area contributed by atoms with Gasteiger partial charge in [-0.05, 0) is 33.1 Å². The van der Waals surface area contributed by atoms with Crippen molar-refractivity contribution < 1.29 is 4.52 Å². The Hall–Kier alpha value is -0.940. The van der Waals surface area contributed by atoms with Crippen LogP contribution in [0, 0.1) is 0 Å². The molecule has 0 fully saturated rings. The standard InChI is InChI=1S/C12H24N4O/c1-4-16(5-2)10-8-11-14-12(17-15-11)7-6-9-13-3/h13H,4-10H2,1-3H3. The van der Waals surface area contributed by atoms with E-state index >= 15 is 0 Å². The van der Waals surface area contributed by atoms with Gasteiger partial charge in [-0.2, -0.15) is 4.98 Å². The maximum Gasteiger partial charge on any atom is 0.226 e. The van der Waals surface area contributed by atoms with Crippen LogP contribution in [0.4, 0.5) is 0 Å². The maximum atomic E-state index is 5.20. The molecule has 1 N–H and O–H groups in total. The van der Waals surface area contributed by atoms with Gasteiger partial charge in [0.25, 0.3) is 0 Å². The highest BCUT2D eigenvalue weighted by atomic mass is 16.5. The quantitative estimate of drug-likeness (QED) is 0.655. The van der Waals surface area contributed by atoms with Gasteiger partial charge in [-0.15, -0.1) is 0 Å². The molecule has 0 aliphatic rings. The van der Waals surface area contributed by atoms with Crippen LogP contribution < -0.4 is 5.32 Å². The lowest BCUT2D eigenvalue weighted by Crippen LogP contribution is -2.25. The fourth-order valence-corrected chi connectivity index (χ4v) is 1.71. The van der Waals surface area contributed by atoms with Crippen molar-refractivity contribution in [1.82, 2.24) is 20.4 Å². The summed E-state index contributed by atoms with van der Waals surface area (Å²) in [5.74, 6) is 1.59. The average Bonchev–Trinajstić information content (AvgIpc) is 2.79. The van der Waals surface area contributed by atoms with E-state index in [0.29, 0.717) is 0 Å². The lowest BCUT2D eigenvalue weighted by molar-refractivity contribution is 0.302. The Morgan fingerprint density at radius 3 is 2.65 bits per heavy atom. The number of rotatable bonds is 9. The molecule has 0 aromatic carbocycles. The second kappa shape index (κ2) is 8.20. The van der Waals surface area contributed by atoms with Crippen molar-refractivity contribution in [2.24, 2.45) is 0 Å². The molecule has 98 valence electrons. The number of aryl methyl sites for hydroxylation is 1. The molecule has 1 heterocycles. The predicted molar refractivity (Wildman–Crippen MR) is 68.0 cm³/mol. The van der Waals surface area contributed by atoms with E-state index in [0.717, 1.165) is 57.2 Å². The molecule has 0 spiro atoms. The maximum absolute atomic E-state index is 5.20. The molecule has 5 heteroatoms. The van der Waals surface area contributed by atoms with Crippen molar-refractivity contribution in [3.05, 3.63) is 11.7 Å². The van der Waals surface area contributed by atoms with Crippen molar-refractivity contribution >= 4 is 0 Å². The van der Waals surface area contributed by atoms with Crippen molar-refractivity contribution in [3.63, 3.8) is 0 Å². The Labute approximate surface area is 104 Å². The van der Waals surface area contributed by atoms with E-state index in [1.807, 2.05) is 7.05 Å². The largest absolute Gasteiger partial charge is 0.339 e. The Bertz CT molecular complexity index is 296. The molecule has 0 radical (unpaired) electrons. The molecule has 1 aromatic heterocycles.